The minimum Gasteiger partial charge on any atom is -0.476 e. The molecule has 1 aromatic rings. The molecule has 0 spiro atoms. The molecule has 6 heteroatoms. The number of anilines is 2. The number of amides is 2. The summed E-state index contributed by atoms with van der Waals surface area (Å²) in [7, 11) is 0. The van der Waals surface area contributed by atoms with Gasteiger partial charge in [0.15, 0.2) is 5.60 Å². The van der Waals surface area contributed by atoms with E-state index in [2.05, 4.69) is 5.32 Å². The van der Waals surface area contributed by atoms with Crippen molar-refractivity contribution in [1.29, 1.82) is 0 Å². The van der Waals surface area contributed by atoms with Crippen LogP contribution >= 0.6 is 0 Å². The molecule has 0 saturated carbocycles. The first-order valence-corrected chi connectivity index (χ1v) is 7.44. The van der Waals surface area contributed by atoms with E-state index >= 15 is 0 Å². The van der Waals surface area contributed by atoms with Crippen molar-refractivity contribution in [3.05, 3.63) is 18.2 Å². The summed E-state index contributed by atoms with van der Waals surface area (Å²) in [5.74, 6) is 0.0915. The molecule has 1 unspecified atom stereocenters. The SMILES string of the molecule is CCC(C)NC(=O)CN1C(=O)C(C)(C)Oc2ccc(N)cc21. The second-order valence-corrected chi connectivity index (χ2v) is 6.11. The van der Waals surface area contributed by atoms with E-state index in [0.717, 1.165) is 6.42 Å². The fraction of sp³-hybridized carbons (Fsp3) is 0.500. The predicted octanol–water partition coefficient (Wildman–Crippen LogP) is 1.69. The van der Waals surface area contributed by atoms with Gasteiger partial charge in [-0.1, -0.05) is 6.92 Å². The molecule has 0 aliphatic carbocycles. The Morgan fingerprint density at radius 3 is 2.77 bits per heavy atom. The summed E-state index contributed by atoms with van der Waals surface area (Å²) >= 11 is 0. The van der Waals surface area contributed by atoms with Gasteiger partial charge >= 0.3 is 0 Å². The molecule has 0 saturated heterocycles. The first kappa shape index (κ1) is 16.1. The van der Waals surface area contributed by atoms with Crippen molar-refractivity contribution in [3.63, 3.8) is 0 Å². The molecule has 1 aromatic carbocycles. The molecule has 3 N–H and O–H groups in total. The Labute approximate surface area is 130 Å². The van der Waals surface area contributed by atoms with Gasteiger partial charge in [-0.3, -0.25) is 14.5 Å². The van der Waals surface area contributed by atoms with Gasteiger partial charge < -0.3 is 15.8 Å². The first-order chi connectivity index (χ1) is 10.2. The van der Waals surface area contributed by atoms with Crippen LogP contribution in [0, 0.1) is 0 Å². The molecule has 1 heterocycles. The van der Waals surface area contributed by atoms with E-state index in [9.17, 15) is 9.59 Å². The van der Waals surface area contributed by atoms with E-state index in [1.54, 1.807) is 32.0 Å². The Kier molecular flexibility index (Phi) is 4.30. The third-order valence-electron chi connectivity index (χ3n) is 3.72. The highest BCUT2D eigenvalue weighted by atomic mass is 16.5. The van der Waals surface area contributed by atoms with Gasteiger partial charge in [0.05, 0.1) is 5.69 Å². The highest BCUT2D eigenvalue weighted by Gasteiger charge is 2.41. The van der Waals surface area contributed by atoms with E-state index in [0.29, 0.717) is 17.1 Å². The van der Waals surface area contributed by atoms with Gasteiger partial charge in [-0.2, -0.15) is 0 Å². The number of ether oxygens (including phenoxy) is 1. The van der Waals surface area contributed by atoms with Crippen LogP contribution in [-0.2, 0) is 9.59 Å². The Hall–Kier alpha value is -2.24. The molecule has 22 heavy (non-hydrogen) atoms. The smallest absolute Gasteiger partial charge is 0.271 e. The van der Waals surface area contributed by atoms with Crippen LogP contribution in [0.3, 0.4) is 0 Å². The van der Waals surface area contributed by atoms with Crippen molar-refractivity contribution in [2.45, 2.75) is 45.8 Å². The molecule has 1 aliphatic heterocycles. The molecule has 0 radical (unpaired) electrons. The lowest BCUT2D eigenvalue weighted by Gasteiger charge is -2.38. The number of hydrogen-bond acceptors (Lipinski definition) is 4. The molecule has 1 atom stereocenters. The van der Waals surface area contributed by atoms with E-state index in [4.69, 9.17) is 10.5 Å². The molecule has 2 rings (SSSR count). The van der Waals surface area contributed by atoms with Crippen LogP contribution in [0.4, 0.5) is 11.4 Å². The Bertz CT molecular complexity index is 598. The van der Waals surface area contributed by atoms with Gasteiger partial charge in [0, 0.05) is 11.7 Å². The lowest BCUT2D eigenvalue weighted by atomic mass is 10.0. The number of nitrogens with two attached hydrogens (primary N) is 1. The van der Waals surface area contributed by atoms with E-state index in [-0.39, 0.29) is 24.4 Å². The molecule has 1 aliphatic rings. The Morgan fingerprint density at radius 1 is 1.45 bits per heavy atom. The molecule has 0 aromatic heterocycles. The third kappa shape index (κ3) is 3.16. The number of nitrogen functional groups attached to an aromatic ring is 1. The normalized spacial score (nSPS) is 17.5. The van der Waals surface area contributed by atoms with Crippen molar-refractivity contribution in [2.24, 2.45) is 0 Å². The van der Waals surface area contributed by atoms with Crippen LogP contribution in [0.1, 0.15) is 34.1 Å². The summed E-state index contributed by atoms with van der Waals surface area (Å²) in [4.78, 5) is 26.2. The van der Waals surface area contributed by atoms with Crippen molar-refractivity contribution >= 4 is 23.2 Å². The fourth-order valence-electron chi connectivity index (χ4n) is 2.31. The van der Waals surface area contributed by atoms with Crippen molar-refractivity contribution < 1.29 is 14.3 Å². The van der Waals surface area contributed by atoms with Gasteiger partial charge in [0.1, 0.15) is 12.3 Å². The zero-order chi connectivity index (χ0) is 16.5. The molecule has 120 valence electrons. The largest absolute Gasteiger partial charge is 0.476 e. The standard InChI is InChI=1S/C16H23N3O3/c1-5-10(2)18-14(20)9-19-12-8-11(17)6-7-13(12)22-16(3,4)15(19)21/h6-8,10H,5,9,17H2,1-4H3,(H,18,20). The summed E-state index contributed by atoms with van der Waals surface area (Å²) in [5.41, 5.74) is 5.83. The van der Waals surface area contributed by atoms with Gasteiger partial charge in [-0.15, -0.1) is 0 Å². The number of fused-ring (bicyclic) bond motifs is 1. The average Bonchev–Trinajstić information content (AvgIpc) is 2.44. The van der Waals surface area contributed by atoms with Crippen molar-refractivity contribution in [1.82, 2.24) is 5.32 Å². The minimum atomic E-state index is -1.01. The zero-order valence-corrected chi connectivity index (χ0v) is 13.5. The number of hydrogen-bond donors (Lipinski definition) is 2. The van der Waals surface area contributed by atoms with Crippen molar-refractivity contribution in [3.8, 4) is 5.75 Å². The topological polar surface area (TPSA) is 84.7 Å². The van der Waals surface area contributed by atoms with Crippen LogP contribution in [0.15, 0.2) is 18.2 Å². The zero-order valence-electron chi connectivity index (χ0n) is 13.5. The molecule has 2 amide bonds. The quantitative estimate of drug-likeness (QED) is 0.829. The van der Waals surface area contributed by atoms with E-state index < -0.39 is 5.60 Å². The van der Waals surface area contributed by atoms with Crippen molar-refractivity contribution in [2.75, 3.05) is 17.2 Å². The highest BCUT2D eigenvalue weighted by Crippen LogP contribution is 2.38. The Morgan fingerprint density at radius 2 is 2.14 bits per heavy atom. The highest BCUT2D eigenvalue weighted by molar-refractivity contribution is 6.06. The van der Waals surface area contributed by atoms with Gasteiger partial charge in [-0.05, 0) is 45.4 Å². The number of carbonyl (C=O) groups excluding carboxylic acids is 2. The lowest BCUT2D eigenvalue weighted by Crippen LogP contribution is -2.55. The average molecular weight is 305 g/mol. The maximum atomic E-state index is 12.6. The molecule has 0 bridgehead atoms. The molecule has 0 fully saturated rings. The molecular formula is C16H23N3O3. The van der Waals surface area contributed by atoms with Crippen LogP contribution in [0.5, 0.6) is 5.75 Å². The van der Waals surface area contributed by atoms with E-state index in [1.165, 1.54) is 4.90 Å². The van der Waals surface area contributed by atoms with Crippen LogP contribution in [-0.4, -0.2) is 30.0 Å². The number of nitrogens with one attached hydrogen (secondary N) is 1. The van der Waals surface area contributed by atoms with Gasteiger partial charge in [0.2, 0.25) is 5.91 Å². The lowest BCUT2D eigenvalue weighted by molar-refractivity contribution is -0.134. The first-order valence-electron chi connectivity index (χ1n) is 7.44. The number of nitrogens with zero attached hydrogens (tertiary/aromatic N) is 1. The summed E-state index contributed by atoms with van der Waals surface area (Å²) in [6.45, 7) is 7.24. The Balaban J connectivity index is 2.30. The van der Waals surface area contributed by atoms with E-state index in [1.807, 2.05) is 13.8 Å². The van der Waals surface area contributed by atoms with Crippen LogP contribution in [0.2, 0.25) is 0 Å². The van der Waals surface area contributed by atoms with Crippen LogP contribution in [0.25, 0.3) is 0 Å². The van der Waals surface area contributed by atoms with Gasteiger partial charge in [0.25, 0.3) is 5.91 Å². The predicted molar refractivity (Wildman–Crippen MR) is 85.8 cm³/mol. The monoisotopic (exact) mass is 305 g/mol. The summed E-state index contributed by atoms with van der Waals surface area (Å²) in [5, 5.41) is 2.87. The second kappa shape index (κ2) is 5.87. The fourth-order valence-corrected chi connectivity index (χ4v) is 2.31. The van der Waals surface area contributed by atoms with Crippen LogP contribution < -0.4 is 20.7 Å². The number of benzene rings is 1. The minimum absolute atomic E-state index is 0.0492. The second-order valence-electron chi connectivity index (χ2n) is 6.11. The third-order valence-corrected chi connectivity index (χ3v) is 3.72. The maximum Gasteiger partial charge on any atom is 0.271 e. The van der Waals surface area contributed by atoms with Gasteiger partial charge in [-0.25, -0.2) is 0 Å². The number of rotatable bonds is 4. The summed E-state index contributed by atoms with van der Waals surface area (Å²) < 4.78 is 5.72. The number of carbonyl (C=O) groups is 2. The summed E-state index contributed by atoms with van der Waals surface area (Å²) in [6.07, 6.45) is 0.831. The summed E-state index contributed by atoms with van der Waals surface area (Å²) in [6, 6.07) is 5.15. The molecule has 6 nitrogen and oxygen atoms in total. The maximum absolute atomic E-state index is 12.6. The molecular weight excluding hydrogens is 282 g/mol.